The van der Waals surface area contributed by atoms with Gasteiger partial charge in [0.25, 0.3) is 7.82 Å². The number of quaternary nitrogens is 1. The molecule has 0 aromatic carbocycles. The van der Waals surface area contributed by atoms with Crippen LogP contribution in [0.15, 0.2) is 109 Å². The molecule has 0 spiro atoms. The van der Waals surface area contributed by atoms with Gasteiger partial charge in [0.2, 0.25) is 0 Å². The molecule has 0 amide bonds. The zero-order valence-electron chi connectivity index (χ0n) is 50.8. The third-order valence-corrected chi connectivity index (χ3v) is 14.2. The van der Waals surface area contributed by atoms with Crippen molar-refractivity contribution in [3.05, 3.63) is 109 Å². The number of allylic oxidation sites excluding steroid dienone is 18. The summed E-state index contributed by atoms with van der Waals surface area (Å²) in [6, 6.07) is 0. The number of hydrogen-bond acceptors (Lipinski definition) is 8. The van der Waals surface area contributed by atoms with Gasteiger partial charge in [-0.1, -0.05) is 252 Å². The van der Waals surface area contributed by atoms with Crippen LogP contribution in [0.1, 0.15) is 258 Å². The molecule has 78 heavy (non-hydrogen) atoms. The summed E-state index contributed by atoms with van der Waals surface area (Å²) in [5.74, 6) is -0.844. The van der Waals surface area contributed by atoms with Crippen LogP contribution in [0.3, 0.4) is 0 Å². The fraction of sp³-hybridized carbons (Fsp3) is 0.706. The molecule has 0 saturated heterocycles. The second-order valence-electron chi connectivity index (χ2n) is 22.0. The lowest BCUT2D eigenvalue weighted by Crippen LogP contribution is -2.37. The van der Waals surface area contributed by atoms with E-state index in [1.165, 1.54) is 128 Å². The molecular weight excluding hydrogens is 990 g/mol. The molecule has 0 aromatic rings. The van der Waals surface area contributed by atoms with Gasteiger partial charge in [-0.2, -0.15) is 0 Å². The third kappa shape index (κ3) is 61.9. The van der Waals surface area contributed by atoms with Crippen LogP contribution in [-0.2, 0) is 32.7 Å². The van der Waals surface area contributed by atoms with Gasteiger partial charge < -0.3 is 27.9 Å². The maximum absolute atomic E-state index is 12.8. The summed E-state index contributed by atoms with van der Waals surface area (Å²) in [5, 5.41) is 0. The Morgan fingerprint density at radius 3 is 1.09 bits per heavy atom. The van der Waals surface area contributed by atoms with Crippen LogP contribution in [-0.4, -0.2) is 70.0 Å². The average molecular weight is 1110 g/mol. The molecule has 0 heterocycles. The van der Waals surface area contributed by atoms with Gasteiger partial charge in [-0.05, 0) is 103 Å². The molecule has 0 aliphatic heterocycles. The van der Waals surface area contributed by atoms with E-state index in [1.54, 1.807) is 0 Å². The third-order valence-electron chi connectivity index (χ3n) is 13.3. The molecular formula is C68H118NO8P. The number of nitrogens with zero attached hydrogens (tertiary/aromatic N) is 1. The zero-order chi connectivity index (χ0) is 57.0. The standard InChI is InChI=1S/C68H118NO8P/c1-6-8-10-12-14-16-18-20-22-24-26-28-30-31-32-33-34-35-36-37-39-41-43-45-47-49-51-53-55-57-59-61-68(71)77-66(65-76-78(72,73)75-63-62-69(3,4)5)64-74-67(70)60-58-56-54-52-50-48-46-44-42-40-38-29-27-25-23-21-19-17-15-13-11-9-7-2/h8,10,14,16,19-22,25-28,31-32,34-35,37,39,66H,6-7,9,11-13,15,17-18,23-24,29-30,33,36,38,40-65H2,1-5H3/b10-8-,16-14-,21-19-,22-20-,27-25-,28-26-,32-31-,35-34-,39-37-. The quantitative estimate of drug-likeness (QED) is 0.0195. The molecule has 0 N–H and O–H groups in total. The SMILES string of the molecule is CC/C=C\C/C=C\C/C=C\C/C=C\C/C=C\C/C=C\C/C=C\CCCCCCCCCCCC(=O)OC(COC(=O)CCCCCCCCCCCCC/C=C\C/C=C\CCCCCCC)COP(=O)([O-])OCC[N+](C)(C)C. The Kier molecular flexibility index (Phi) is 55.8. The summed E-state index contributed by atoms with van der Waals surface area (Å²) in [6.45, 7) is 4.11. The second-order valence-corrected chi connectivity index (χ2v) is 23.4. The monoisotopic (exact) mass is 1110 g/mol. The predicted octanol–water partition coefficient (Wildman–Crippen LogP) is 19.5. The van der Waals surface area contributed by atoms with Gasteiger partial charge >= 0.3 is 11.9 Å². The Bertz CT molecular complexity index is 1680. The summed E-state index contributed by atoms with van der Waals surface area (Å²) in [6.07, 6.45) is 81.4. The Morgan fingerprint density at radius 1 is 0.410 bits per heavy atom. The van der Waals surface area contributed by atoms with Crippen LogP contribution in [0, 0.1) is 0 Å². The smallest absolute Gasteiger partial charge is 0.306 e. The van der Waals surface area contributed by atoms with E-state index >= 15 is 0 Å². The molecule has 0 saturated carbocycles. The van der Waals surface area contributed by atoms with Gasteiger partial charge in [0.1, 0.15) is 19.8 Å². The van der Waals surface area contributed by atoms with Gasteiger partial charge in [-0.3, -0.25) is 14.2 Å². The average Bonchev–Trinajstić information content (AvgIpc) is 3.40. The Labute approximate surface area is 480 Å². The largest absolute Gasteiger partial charge is 0.756 e. The first-order valence-electron chi connectivity index (χ1n) is 31.6. The number of carbonyl (C=O) groups is 2. The highest BCUT2D eigenvalue weighted by molar-refractivity contribution is 7.45. The van der Waals surface area contributed by atoms with E-state index in [0.29, 0.717) is 17.4 Å². The van der Waals surface area contributed by atoms with E-state index in [1.807, 2.05) is 21.1 Å². The van der Waals surface area contributed by atoms with Crippen molar-refractivity contribution in [1.82, 2.24) is 0 Å². The van der Waals surface area contributed by atoms with Crippen molar-refractivity contribution in [3.63, 3.8) is 0 Å². The van der Waals surface area contributed by atoms with Crippen molar-refractivity contribution in [2.24, 2.45) is 0 Å². The van der Waals surface area contributed by atoms with Crippen molar-refractivity contribution in [2.75, 3.05) is 47.5 Å². The Hall–Kier alpha value is -3.33. The lowest BCUT2D eigenvalue weighted by molar-refractivity contribution is -0.870. The number of unbranched alkanes of at least 4 members (excludes halogenated alkanes) is 25. The lowest BCUT2D eigenvalue weighted by atomic mass is 10.0. The van der Waals surface area contributed by atoms with Crippen LogP contribution < -0.4 is 4.89 Å². The fourth-order valence-electron chi connectivity index (χ4n) is 8.43. The molecule has 0 rings (SSSR count). The molecule has 9 nitrogen and oxygen atoms in total. The second kappa shape index (κ2) is 58.3. The van der Waals surface area contributed by atoms with Crippen molar-refractivity contribution < 1.29 is 42.1 Å². The van der Waals surface area contributed by atoms with E-state index in [-0.39, 0.29) is 32.0 Å². The lowest BCUT2D eigenvalue weighted by Gasteiger charge is -2.28. The van der Waals surface area contributed by atoms with E-state index in [9.17, 15) is 19.0 Å². The summed E-state index contributed by atoms with van der Waals surface area (Å²) in [5.41, 5.74) is 0. The van der Waals surface area contributed by atoms with Gasteiger partial charge in [0, 0.05) is 12.8 Å². The van der Waals surface area contributed by atoms with Gasteiger partial charge in [-0.15, -0.1) is 0 Å². The van der Waals surface area contributed by atoms with Gasteiger partial charge in [0.05, 0.1) is 27.7 Å². The molecule has 0 radical (unpaired) electrons. The van der Waals surface area contributed by atoms with Crippen molar-refractivity contribution >= 4 is 19.8 Å². The number of likely N-dealkylation sites (N-methyl/N-ethyl adjacent to an activating group) is 1. The van der Waals surface area contributed by atoms with Gasteiger partial charge in [0.15, 0.2) is 6.10 Å². The zero-order valence-corrected chi connectivity index (χ0v) is 51.7. The number of phosphoric ester groups is 1. The first kappa shape index (κ1) is 74.7. The molecule has 0 fully saturated rings. The maximum Gasteiger partial charge on any atom is 0.306 e. The van der Waals surface area contributed by atoms with Crippen molar-refractivity contribution in [1.29, 1.82) is 0 Å². The number of carbonyl (C=O) groups excluding carboxylic acids is 2. The Balaban J connectivity index is 4.16. The summed E-state index contributed by atoms with van der Waals surface area (Å²) >= 11 is 0. The highest BCUT2D eigenvalue weighted by atomic mass is 31.2. The van der Waals surface area contributed by atoms with Crippen LogP contribution in [0.2, 0.25) is 0 Å². The van der Waals surface area contributed by atoms with Crippen molar-refractivity contribution in [2.45, 2.75) is 264 Å². The van der Waals surface area contributed by atoms with Gasteiger partial charge in [-0.25, -0.2) is 0 Å². The molecule has 2 unspecified atom stereocenters. The minimum Gasteiger partial charge on any atom is -0.756 e. The molecule has 2 atom stereocenters. The first-order chi connectivity index (χ1) is 38.0. The number of hydrogen-bond donors (Lipinski definition) is 0. The van der Waals surface area contributed by atoms with E-state index in [0.717, 1.165) is 96.3 Å². The van der Waals surface area contributed by atoms with E-state index < -0.39 is 26.5 Å². The summed E-state index contributed by atoms with van der Waals surface area (Å²) in [7, 11) is 1.15. The van der Waals surface area contributed by atoms with Crippen LogP contribution in [0.25, 0.3) is 0 Å². The van der Waals surface area contributed by atoms with Crippen molar-refractivity contribution in [3.8, 4) is 0 Å². The first-order valence-corrected chi connectivity index (χ1v) is 33.1. The van der Waals surface area contributed by atoms with Crippen LogP contribution in [0.5, 0.6) is 0 Å². The molecule has 448 valence electrons. The number of phosphoric acid groups is 1. The topological polar surface area (TPSA) is 111 Å². The Morgan fingerprint density at radius 2 is 0.731 bits per heavy atom. The number of esters is 2. The minimum absolute atomic E-state index is 0.0372. The van der Waals surface area contributed by atoms with E-state index in [4.69, 9.17) is 18.5 Å². The van der Waals surface area contributed by atoms with Crippen LogP contribution >= 0.6 is 7.82 Å². The molecule has 0 aromatic heterocycles. The highest BCUT2D eigenvalue weighted by Crippen LogP contribution is 2.38. The highest BCUT2D eigenvalue weighted by Gasteiger charge is 2.22. The van der Waals surface area contributed by atoms with Crippen LogP contribution in [0.4, 0.5) is 0 Å². The molecule has 0 aliphatic carbocycles. The molecule has 0 aliphatic rings. The normalized spacial score (nSPS) is 14.0. The number of ether oxygens (including phenoxy) is 2. The summed E-state index contributed by atoms with van der Waals surface area (Å²) < 4.78 is 34.2. The van der Waals surface area contributed by atoms with E-state index in [2.05, 4.69) is 123 Å². The molecule has 0 bridgehead atoms. The maximum atomic E-state index is 12.8. The fourth-order valence-corrected chi connectivity index (χ4v) is 9.16. The molecule has 10 heteroatoms. The minimum atomic E-state index is -4.65. The number of rotatable bonds is 57. The summed E-state index contributed by atoms with van der Waals surface area (Å²) in [4.78, 5) is 38.0. The predicted molar refractivity (Wildman–Crippen MR) is 332 cm³/mol.